The SMILES string of the molecule is COCCCCC(=O)Nc1cc(C(=O)O)cc(OC)c1OC. The fourth-order valence-corrected chi connectivity index (χ4v) is 1.93. The number of anilines is 1. The minimum absolute atomic E-state index is 0.00679. The third-order valence-corrected chi connectivity index (χ3v) is 3.00. The molecular weight excluding hydrogens is 290 g/mol. The minimum atomic E-state index is -1.11. The normalized spacial score (nSPS) is 10.1. The van der Waals surface area contributed by atoms with E-state index in [1.54, 1.807) is 7.11 Å². The number of amides is 1. The molecule has 1 aromatic rings. The number of nitrogens with one attached hydrogen (secondary N) is 1. The van der Waals surface area contributed by atoms with Crippen LogP contribution in [0.5, 0.6) is 11.5 Å². The molecule has 7 nitrogen and oxygen atoms in total. The molecule has 1 amide bonds. The van der Waals surface area contributed by atoms with Crippen molar-refractivity contribution in [3.63, 3.8) is 0 Å². The number of ether oxygens (including phenoxy) is 3. The molecule has 0 saturated carbocycles. The van der Waals surface area contributed by atoms with E-state index in [1.165, 1.54) is 26.4 Å². The van der Waals surface area contributed by atoms with Crippen LogP contribution in [0.25, 0.3) is 0 Å². The summed E-state index contributed by atoms with van der Waals surface area (Å²) in [6.07, 6.45) is 1.77. The van der Waals surface area contributed by atoms with Crippen molar-refractivity contribution in [1.82, 2.24) is 0 Å². The number of benzene rings is 1. The number of unbranched alkanes of at least 4 members (excludes halogenated alkanes) is 1. The van der Waals surface area contributed by atoms with E-state index in [1.807, 2.05) is 0 Å². The lowest BCUT2D eigenvalue weighted by Crippen LogP contribution is -2.13. The lowest BCUT2D eigenvalue weighted by atomic mass is 10.1. The van der Waals surface area contributed by atoms with Crippen LogP contribution >= 0.6 is 0 Å². The number of hydrogen-bond acceptors (Lipinski definition) is 5. The van der Waals surface area contributed by atoms with E-state index < -0.39 is 5.97 Å². The Morgan fingerprint density at radius 3 is 2.41 bits per heavy atom. The van der Waals surface area contributed by atoms with Gasteiger partial charge in [-0.3, -0.25) is 4.79 Å². The van der Waals surface area contributed by atoms with Gasteiger partial charge in [0.05, 0.1) is 25.5 Å². The molecular formula is C15H21NO6. The molecule has 0 atom stereocenters. The molecule has 0 radical (unpaired) electrons. The predicted molar refractivity (Wildman–Crippen MR) is 80.9 cm³/mol. The summed E-state index contributed by atoms with van der Waals surface area (Å²) in [6, 6.07) is 2.69. The number of aromatic carboxylic acids is 1. The van der Waals surface area contributed by atoms with Crippen molar-refractivity contribution in [2.45, 2.75) is 19.3 Å². The minimum Gasteiger partial charge on any atom is -0.493 e. The zero-order valence-electron chi connectivity index (χ0n) is 13.0. The monoisotopic (exact) mass is 311 g/mol. The van der Waals surface area contributed by atoms with Crippen molar-refractivity contribution < 1.29 is 28.9 Å². The van der Waals surface area contributed by atoms with Crippen molar-refractivity contribution in [3.05, 3.63) is 17.7 Å². The Kier molecular flexibility index (Phi) is 7.18. The first-order valence-corrected chi connectivity index (χ1v) is 6.81. The van der Waals surface area contributed by atoms with Gasteiger partial charge in [0.1, 0.15) is 0 Å². The van der Waals surface area contributed by atoms with Crippen LogP contribution in [0.3, 0.4) is 0 Å². The second kappa shape index (κ2) is 8.89. The van der Waals surface area contributed by atoms with Gasteiger partial charge < -0.3 is 24.6 Å². The largest absolute Gasteiger partial charge is 0.493 e. The van der Waals surface area contributed by atoms with Gasteiger partial charge in [-0.05, 0) is 25.0 Å². The van der Waals surface area contributed by atoms with Gasteiger partial charge in [0.25, 0.3) is 0 Å². The van der Waals surface area contributed by atoms with Gasteiger partial charge in [-0.25, -0.2) is 4.79 Å². The lowest BCUT2D eigenvalue weighted by molar-refractivity contribution is -0.116. The topological polar surface area (TPSA) is 94.1 Å². The van der Waals surface area contributed by atoms with E-state index in [0.29, 0.717) is 19.4 Å². The Morgan fingerprint density at radius 2 is 1.86 bits per heavy atom. The van der Waals surface area contributed by atoms with Crippen molar-refractivity contribution in [2.24, 2.45) is 0 Å². The Labute approximate surface area is 129 Å². The Morgan fingerprint density at radius 1 is 1.14 bits per heavy atom. The average Bonchev–Trinajstić information content (AvgIpc) is 2.50. The van der Waals surface area contributed by atoms with Crippen molar-refractivity contribution in [1.29, 1.82) is 0 Å². The molecule has 122 valence electrons. The number of carboxylic acids is 1. The molecule has 0 heterocycles. The molecule has 0 aliphatic heterocycles. The van der Waals surface area contributed by atoms with E-state index >= 15 is 0 Å². The van der Waals surface area contributed by atoms with Crippen LogP contribution in [0.1, 0.15) is 29.6 Å². The fourth-order valence-electron chi connectivity index (χ4n) is 1.93. The summed E-state index contributed by atoms with van der Waals surface area (Å²) < 4.78 is 15.2. The van der Waals surface area contributed by atoms with Crippen LogP contribution < -0.4 is 14.8 Å². The molecule has 7 heteroatoms. The maximum atomic E-state index is 11.9. The third-order valence-electron chi connectivity index (χ3n) is 3.00. The van der Waals surface area contributed by atoms with Crippen LogP contribution in [-0.2, 0) is 9.53 Å². The first kappa shape index (κ1) is 17.8. The van der Waals surface area contributed by atoms with Gasteiger partial charge in [-0.1, -0.05) is 0 Å². The molecule has 0 spiro atoms. The summed E-state index contributed by atoms with van der Waals surface area (Å²) in [5, 5.41) is 11.8. The van der Waals surface area contributed by atoms with Crippen molar-refractivity contribution in [2.75, 3.05) is 33.3 Å². The number of rotatable bonds is 9. The van der Waals surface area contributed by atoms with E-state index in [4.69, 9.17) is 19.3 Å². The molecule has 0 unspecified atom stereocenters. The number of carboxylic acid groups (broad SMARTS) is 1. The van der Waals surface area contributed by atoms with Crippen LogP contribution in [0.2, 0.25) is 0 Å². The van der Waals surface area contributed by atoms with Crippen LogP contribution in [-0.4, -0.2) is 44.9 Å². The van der Waals surface area contributed by atoms with Gasteiger partial charge in [0, 0.05) is 20.1 Å². The highest BCUT2D eigenvalue weighted by molar-refractivity contribution is 5.96. The van der Waals surface area contributed by atoms with Crippen molar-refractivity contribution in [3.8, 4) is 11.5 Å². The van der Waals surface area contributed by atoms with Gasteiger partial charge in [0.15, 0.2) is 11.5 Å². The van der Waals surface area contributed by atoms with E-state index in [9.17, 15) is 9.59 Å². The summed E-state index contributed by atoms with van der Waals surface area (Å²) in [6.45, 7) is 0.596. The van der Waals surface area contributed by atoms with Gasteiger partial charge in [-0.15, -0.1) is 0 Å². The second-order valence-electron chi connectivity index (χ2n) is 4.56. The van der Waals surface area contributed by atoms with Crippen LogP contribution in [0, 0.1) is 0 Å². The second-order valence-corrected chi connectivity index (χ2v) is 4.56. The zero-order chi connectivity index (χ0) is 16.5. The number of methoxy groups -OCH3 is 3. The standard InChI is InChI=1S/C15H21NO6/c1-20-7-5-4-6-13(17)16-11-8-10(15(18)19)9-12(21-2)14(11)22-3/h8-9H,4-7H2,1-3H3,(H,16,17)(H,18,19). The maximum Gasteiger partial charge on any atom is 0.335 e. The van der Waals surface area contributed by atoms with Crippen LogP contribution in [0.4, 0.5) is 5.69 Å². The fraction of sp³-hybridized carbons (Fsp3) is 0.467. The van der Waals surface area contributed by atoms with Gasteiger partial charge in [0.2, 0.25) is 5.91 Å². The Bertz CT molecular complexity index is 529. The summed E-state index contributed by atoms with van der Waals surface area (Å²) in [7, 11) is 4.43. The zero-order valence-corrected chi connectivity index (χ0v) is 13.0. The number of carbonyl (C=O) groups is 2. The molecule has 0 aromatic heterocycles. The first-order valence-electron chi connectivity index (χ1n) is 6.81. The molecule has 1 aromatic carbocycles. The van der Waals surface area contributed by atoms with E-state index in [2.05, 4.69) is 5.32 Å². The highest BCUT2D eigenvalue weighted by Crippen LogP contribution is 2.36. The molecule has 0 bridgehead atoms. The molecule has 0 fully saturated rings. The summed E-state index contributed by atoms with van der Waals surface area (Å²) in [5.41, 5.74) is 0.281. The summed E-state index contributed by atoms with van der Waals surface area (Å²) >= 11 is 0. The Balaban J connectivity index is 2.89. The highest BCUT2D eigenvalue weighted by Gasteiger charge is 2.17. The first-order chi connectivity index (χ1) is 10.5. The number of carbonyl (C=O) groups excluding carboxylic acids is 1. The molecule has 1 rings (SSSR count). The highest BCUT2D eigenvalue weighted by atomic mass is 16.5. The van der Waals surface area contributed by atoms with E-state index in [-0.39, 0.29) is 28.7 Å². The average molecular weight is 311 g/mol. The molecule has 0 aliphatic rings. The van der Waals surface area contributed by atoms with Gasteiger partial charge >= 0.3 is 5.97 Å². The smallest absolute Gasteiger partial charge is 0.335 e. The predicted octanol–water partition coefficient (Wildman–Crippen LogP) is 2.16. The van der Waals surface area contributed by atoms with Gasteiger partial charge in [-0.2, -0.15) is 0 Å². The summed E-state index contributed by atoms with van der Waals surface area (Å²) in [5.74, 6) is -0.801. The quantitative estimate of drug-likeness (QED) is 0.679. The van der Waals surface area contributed by atoms with Crippen molar-refractivity contribution >= 4 is 17.6 Å². The molecule has 0 aliphatic carbocycles. The molecule has 0 saturated heterocycles. The third kappa shape index (κ3) is 4.92. The van der Waals surface area contributed by atoms with Crippen LogP contribution in [0.15, 0.2) is 12.1 Å². The van der Waals surface area contributed by atoms with E-state index in [0.717, 1.165) is 6.42 Å². The maximum absolute atomic E-state index is 11.9. The molecule has 22 heavy (non-hydrogen) atoms. The molecule has 2 N–H and O–H groups in total. The lowest BCUT2D eigenvalue weighted by Gasteiger charge is -2.14. The Hall–Kier alpha value is -2.28. The number of hydrogen-bond donors (Lipinski definition) is 2. The summed E-state index contributed by atoms with van der Waals surface area (Å²) in [4.78, 5) is 23.1.